The van der Waals surface area contributed by atoms with Crippen molar-refractivity contribution < 1.29 is 17.9 Å². The first-order valence-electron chi connectivity index (χ1n) is 7.22. The summed E-state index contributed by atoms with van der Waals surface area (Å²) in [5.41, 5.74) is 0.800. The standard InChI is InChI=1S/C15H18N2O4S2/c1-11-13(4-3-7-16-11)21-12-5-8-17(10-12)23(18,19)15-14(20-2)6-9-22-15/h3-4,6-7,9,12H,5,8,10H2,1-2H3/t12-/m0/s1. The van der Waals surface area contributed by atoms with Gasteiger partial charge in [-0.3, -0.25) is 4.98 Å². The minimum absolute atomic E-state index is 0.168. The van der Waals surface area contributed by atoms with Crippen LogP contribution >= 0.6 is 11.3 Å². The number of pyridine rings is 1. The van der Waals surface area contributed by atoms with Crippen molar-refractivity contribution in [2.24, 2.45) is 0 Å². The maximum atomic E-state index is 12.7. The van der Waals surface area contributed by atoms with Crippen LogP contribution in [0.3, 0.4) is 0 Å². The number of aromatic nitrogens is 1. The van der Waals surface area contributed by atoms with Gasteiger partial charge in [-0.05, 0) is 36.9 Å². The molecule has 0 aromatic carbocycles. The first kappa shape index (κ1) is 16.2. The van der Waals surface area contributed by atoms with Crippen LogP contribution in [0.2, 0.25) is 0 Å². The number of ether oxygens (including phenoxy) is 2. The highest BCUT2D eigenvalue weighted by Gasteiger charge is 2.36. The maximum Gasteiger partial charge on any atom is 0.256 e. The molecule has 1 aliphatic heterocycles. The van der Waals surface area contributed by atoms with Gasteiger partial charge in [-0.25, -0.2) is 8.42 Å². The van der Waals surface area contributed by atoms with E-state index < -0.39 is 10.0 Å². The SMILES string of the molecule is COc1ccsc1S(=O)(=O)N1CC[C@H](Oc2cccnc2C)C1. The molecule has 0 bridgehead atoms. The Kier molecular flexibility index (Phi) is 4.56. The number of sulfonamides is 1. The third kappa shape index (κ3) is 3.19. The molecule has 0 saturated carbocycles. The van der Waals surface area contributed by atoms with Gasteiger partial charge in [0.05, 0.1) is 19.3 Å². The van der Waals surface area contributed by atoms with Crippen molar-refractivity contribution in [2.45, 2.75) is 23.7 Å². The summed E-state index contributed by atoms with van der Waals surface area (Å²) in [6.07, 6.45) is 2.19. The van der Waals surface area contributed by atoms with Crippen molar-refractivity contribution in [1.82, 2.24) is 9.29 Å². The number of rotatable bonds is 5. The first-order chi connectivity index (χ1) is 11.0. The summed E-state index contributed by atoms with van der Waals surface area (Å²) in [4.78, 5) is 4.18. The van der Waals surface area contributed by atoms with E-state index in [4.69, 9.17) is 9.47 Å². The molecule has 2 aromatic rings. The molecule has 0 amide bonds. The van der Waals surface area contributed by atoms with E-state index in [1.54, 1.807) is 17.6 Å². The number of methoxy groups -OCH3 is 1. The molecule has 0 radical (unpaired) electrons. The van der Waals surface area contributed by atoms with E-state index in [1.165, 1.54) is 22.8 Å². The second kappa shape index (κ2) is 6.46. The van der Waals surface area contributed by atoms with Gasteiger partial charge in [0.15, 0.2) is 4.21 Å². The highest BCUT2D eigenvalue weighted by Crippen LogP contribution is 2.34. The van der Waals surface area contributed by atoms with Crippen molar-refractivity contribution in [3.05, 3.63) is 35.5 Å². The van der Waals surface area contributed by atoms with Crippen LogP contribution in [-0.4, -0.2) is 44.0 Å². The van der Waals surface area contributed by atoms with Gasteiger partial charge in [0.25, 0.3) is 10.0 Å². The zero-order valence-electron chi connectivity index (χ0n) is 12.9. The minimum Gasteiger partial charge on any atom is -0.494 e. The molecule has 0 unspecified atom stereocenters. The third-order valence-electron chi connectivity index (χ3n) is 3.75. The number of nitrogens with zero attached hydrogens (tertiary/aromatic N) is 2. The molecule has 1 atom stereocenters. The van der Waals surface area contributed by atoms with E-state index in [0.29, 0.717) is 31.0 Å². The second-order valence-corrected chi connectivity index (χ2v) is 8.30. The summed E-state index contributed by atoms with van der Waals surface area (Å²) in [6, 6.07) is 5.32. The van der Waals surface area contributed by atoms with Gasteiger partial charge in [-0.2, -0.15) is 4.31 Å². The van der Waals surface area contributed by atoms with E-state index in [0.717, 1.165) is 5.69 Å². The average Bonchev–Trinajstić information content (AvgIpc) is 3.18. The summed E-state index contributed by atoms with van der Waals surface area (Å²) >= 11 is 1.17. The van der Waals surface area contributed by atoms with Gasteiger partial charge in [0.2, 0.25) is 0 Å². The van der Waals surface area contributed by atoms with Crippen molar-refractivity contribution in [3.63, 3.8) is 0 Å². The lowest BCUT2D eigenvalue weighted by atomic mass is 10.3. The Balaban J connectivity index is 1.73. The second-order valence-electron chi connectivity index (χ2n) is 5.25. The molecule has 124 valence electrons. The highest BCUT2D eigenvalue weighted by molar-refractivity contribution is 7.91. The van der Waals surface area contributed by atoms with E-state index >= 15 is 0 Å². The zero-order chi connectivity index (χ0) is 16.4. The van der Waals surface area contributed by atoms with Gasteiger partial charge < -0.3 is 9.47 Å². The Labute approximate surface area is 139 Å². The summed E-state index contributed by atoms with van der Waals surface area (Å²) in [5, 5.41) is 1.72. The lowest BCUT2D eigenvalue weighted by Gasteiger charge is -2.17. The molecule has 23 heavy (non-hydrogen) atoms. The van der Waals surface area contributed by atoms with Gasteiger partial charge >= 0.3 is 0 Å². The Hall–Kier alpha value is -1.64. The highest BCUT2D eigenvalue weighted by atomic mass is 32.2. The molecule has 8 heteroatoms. The molecule has 0 aliphatic carbocycles. The molecule has 0 N–H and O–H groups in total. The monoisotopic (exact) mass is 354 g/mol. The largest absolute Gasteiger partial charge is 0.494 e. The van der Waals surface area contributed by atoms with Crippen LogP contribution in [0.4, 0.5) is 0 Å². The van der Waals surface area contributed by atoms with Crippen LogP contribution in [-0.2, 0) is 10.0 Å². The fourth-order valence-corrected chi connectivity index (χ4v) is 5.43. The molecule has 6 nitrogen and oxygen atoms in total. The molecular formula is C15H18N2O4S2. The lowest BCUT2D eigenvalue weighted by molar-refractivity contribution is 0.213. The average molecular weight is 354 g/mol. The van der Waals surface area contributed by atoms with E-state index in [1.807, 2.05) is 19.1 Å². The topological polar surface area (TPSA) is 68.7 Å². The predicted molar refractivity (Wildman–Crippen MR) is 87.6 cm³/mol. The Morgan fingerprint density at radius 3 is 2.91 bits per heavy atom. The summed E-state index contributed by atoms with van der Waals surface area (Å²) < 4.78 is 38.2. The van der Waals surface area contributed by atoms with Crippen LogP contribution in [0.25, 0.3) is 0 Å². The smallest absolute Gasteiger partial charge is 0.256 e. The first-order valence-corrected chi connectivity index (χ1v) is 9.54. The number of aryl methyl sites for hydroxylation is 1. The molecule has 1 saturated heterocycles. The van der Waals surface area contributed by atoms with Gasteiger partial charge in [0.1, 0.15) is 17.6 Å². The Morgan fingerprint density at radius 1 is 1.35 bits per heavy atom. The normalized spacial score (nSPS) is 19.0. The van der Waals surface area contributed by atoms with Crippen molar-refractivity contribution >= 4 is 21.4 Å². The van der Waals surface area contributed by atoms with Gasteiger partial charge in [0, 0.05) is 12.7 Å². The Morgan fingerprint density at radius 2 is 2.17 bits per heavy atom. The van der Waals surface area contributed by atoms with Crippen LogP contribution in [0.1, 0.15) is 12.1 Å². The summed E-state index contributed by atoms with van der Waals surface area (Å²) in [5.74, 6) is 1.09. The quantitative estimate of drug-likeness (QED) is 0.824. The van der Waals surface area contributed by atoms with Gasteiger partial charge in [-0.1, -0.05) is 0 Å². The maximum absolute atomic E-state index is 12.7. The molecule has 3 heterocycles. The predicted octanol–water partition coefficient (Wildman–Crippen LogP) is 2.30. The Bertz CT molecular complexity index is 788. The third-order valence-corrected chi connectivity index (χ3v) is 7.04. The lowest BCUT2D eigenvalue weighted by Crippen LogP contribution is -2.30. The van der Waals surface area contributed by atoms with E-state index in [2.05, 4.69) is 4.98 Å². The van der Waals surface area contributed by atoms with Crippen molar-refractivity contribution in [3.8, 4) is 11.5 Å². The van der Waals surface area contributed by atoms with Crippen molar-refractivity contribution in [1.29, 1.82) is 0 Å². The summed E-state index contributed by atoms with van der Waals surface area (Å²) in [6.45, 7) is 2.64. The molecule has 1 aliphatic rings. The van der Waals surface area contributed by atoms with E-state index in [-0.39, 0.29) is 10.3 Å². The minimum atomic E-state index is -3.54. The zero-order valence-corrected chi connectivity index (χ0v) is 14.6. The number of hydrogen-bond acceptors (Lipinski definition) is 6. The van der Waals surface area contributed by atoms with Crippen LogP contribution < -0.4 is 9.47 Å². The molecule has 0 spiro atoms. The summed E-state index contributed by atoms with van der Waals surface area (Å²) in [7, 11) is -2.07. The fraction of sp³-hybridized carbons (Fsp3) is 0.400. The molecular weight excluding hydrogens is 336 g/mol. The molecule has 2 aromatic heterocycles. The fourth-order valence-electron chi connectivity index (χ4n) is 2.53. The number of thiophene rings is 1. The molecule has 1 fully saturated rings. The number of hydrogen-bond donors (Lipinski definition) is 0. The van der Waals surface area contributed by atoms with Crippen LogP contribution in [0, 0.1) is 6.92 Å². The van der Waals surface area contributed by atoms with Crippen molar-refractivity contribution in [2.75, 3.05) is 20.2 Å². The van der Waals surface area contributed by atoms with Crippen LogP contribution in [0.15, 0.2) is 34.0 Å². The van der Waals surface area contributed by atoms with Crippen LogP contribution in [0.5, 0.6) is 11.5 Å². The molecule has 3 rings (SSSR count). The van der Waals surface area contributed by atoms with Gasteiger partial charge in [-0.15, -0.1) is 11.3 Å². The van der Waals surface area contributed by atoms with E-state index in [9.17, 15) is 8.42 Å².